The Hall–Kier alpha value is -0.960. The van der Waals surface area contributed by atoms with E-state index in [4.69, 9.17) is 0 Å². The van der Waals surface area contributed by atoms with Gasteiger partial charge in [-0.1, -0.05) is 82.9 Å². The highest BCUT2D eigenvalue weighted by molar-refractivity contribution is 5.82. The summed E-state index contributed by atoms with van der Waals surface area (Å²) in [5.41, 5.74) is 1.22. The van der Waals surface area contributed by atoms with E-state index in [1.165, 1.54) is 80.7 Å². The van der Waals surface area contributed by atoms with Gasteiger partial charge in [-0.25, -0.2) is 0 Å². The van der Waals surface area contributed by atoms with E-state index in [1.807, 2.05) is 6.20 Å². The number of H-pyrrole nitrogens is 1. The maximum atomic E-state index is 4.46. The Bertz CT molecular complexity index is 537. The lowest BCUT2D eigenvalue weighted by Gasteiger charge is -2.03. The molecule has 2 rings (SSSR count). The van der Waals surface area contributed by atoms with Gasteiger partial charge in [0.15, 0.2) is 0 Å². The molecule has 0 aliphatic heterocycles. The molecule has 0 saturated carbocycles. The van der Waals surface area contributed by atoms with Crippen molar-refractivity contribution in [2.75, 3.05) is 0 Å². The number of aromatic nitrogens is 2. The summed E-state index contributed by atoms with van der Waals surface area (Å²) in [6.07, 6.45) is 16.9. The monoisotopic (exact) mass is 378 g/mol. The number of nitrogens with one attached hydrogen (secondary N) is 1. The zero-order chi connectivity index (χ0) is 15.5. The normalized spacial score (nSPS) is 10.7. The molecule has 3 heteroatoms. The Kier molecular flexibility index (Phi) is 10.9. The van der Waals surface area contributed by atoms with Crippen molar-refractivity contribution >= 4 is 10.8 Å². The number of halogens is 1. The third-order valence-electron chi connectivity index (χ3n) is 4.46. The molecule has 0 atom stereocenters. The fourth-order valence-electron chi connectivity index (χ4n) is 3.10. The lowest BCUT2D eigenvalue weighted by atomic mass is 10.0. The molecule has 0 amide bonds. The Morgan fingerprint density at radius 2 is 1.43 bits per heavy atom. The summed E-state index contributed by atoms with van der Waals surface area (Å²) in [5.74, 6) is 0. The first-order chi connectivity index (χ1) is 10.9. The van der Waals surface area contributed by atoms with Gasteiger partial charge in [0.05, 0.1) is 0 Å². The molecule has 0 aliphatic carbocycles. The molecule has 1 heterocycles. The molecular weight excluding hydrogens is 348 g/mol. The lowest BCUT2D eigenvalue weighted by molar-refractivity contribution is -0.454. The van der Waals surface area contributed by atoms with Crippen molar-refractivity contribution in [3.05, 3.63) is 36.2 Å². The van der Waals surface area contributed by atoms with E-state index in [0.29, 0.717) is 0 Å². The number of fused-ring (bicyclic) bond motifs is 1. The minimum Gasteiger partial charge on any atom is -1.00 e. The molecule has 1 aromatic carbocycles. The fraction of sp³-hybridized carbons (Fsp3) is 0.600. The van der Waals surface area contributed by atoms with Crippen molar-refractivity contribution < 1.29 is 22.1 Å². The Morgan fingerprint density at radius 3 is 2.13 bits per heavy atom. The number of benzene rings is 1. The molecule has 0 bridgehead atoms. The van der Waals surface area contributed by atoms with E-state index < -0.39 is 0 Å². The molecule has 0 unspecified atom stereocenters. The van der Waals surface area contributed by atoms with E-state index in [9.17, 15) is 0 Å². The summed E-state index contributed by atoms with van der Waals surface area (Å²) in [7, 11) is 0. The zero-order valence-electron chi connectivity index (χ0n) is 14.5. The van der Waals surface area contributed by atoms with E-state index in [1.54, 1.807) is 0 Å². The Morgan fingerprint density at radius 1 is 0.826 bits per heavy atom. The van der Waals surface area contributed by atoms with Crippen molar-refractivity contribution in [2.24, 2.45) is 0 Å². The second kappa shape index (κ2) is 12.5. The smallest absolute Gasteiger partial charge is 0.201 e. The molecule has 2 nitrogen and oxygen atoms in total. The van der Waals surface area contributed by atoms with Crippen molar-refractivity contribution in [1.29, 1.82) is 0 Å². The van der Waals surface area contributed by atoms with Gasteiger partial charge in [0.1, 0.15) is 5.69 Å². The molecular formula is C20H31BrN2. The van der Waals surface area contributed by atoms with Crippen LogP contribution in [0.5, 0.6) is 0 Å². The highest BCUT2D eigenvalue weighted by atomic mass is 79.9. The van der Waals surface area contributed by atoms with Gasteiger partial charge in [0, 0.05) is 10.8 Å². The topological polar surface area (TPSA) is 27.0 Å². The van der Waals surface area contributed by atoms with E-state index in [-0.39, 0.29) is 17.0 Å². The number of aromatic amines is 1. The summed E-state index contributed by atoms with van der Waals surface area (Å²) >= 11 is 0. The fourth-order valence-corrected chi connectivity index (χ4v) is 3.10. The van der Waals surface area contributed by atoms with Crippen LogP contribution in [-0.4, -0.2) is 5.10 Å². The number of rotatable bonds is 11. The minimum atomic E-state index is 0. The quantitative estimate of drug-likeness (QED) is 0.551. The molecule has 2 aromatic rings. The third-order valence-corrected chi connectivity index (χ3v) is 4.46. The average Bonchev–Trinajstić information content (AvgIpc) is 2.56. The predicted octanol–water partition coefficient (Wildman–Crippen LogP) is 2.52. The van der Waals surface area contributed by atoms with Gasteiger partial charge in [-0.2, -0.15) is 0 Å². The van der Waals surface area contributed by atoms with Crippen molar-refractivity contribution in [1.82, 2.24) is 5.10 Å². The summed E-state index contributed by atoms with van der Waals surface area (Å²) in [6, 6.07) is 8.52. The first kappa shape index (κ1) is 20.1. The summed E-state index contributed by atoms with van der Waals surface area (Å²) in [6.45, 7) is 2.28. The van der Waals surface area contributed by atoms with Crippen LogP contribution >= 0.6 is 0 Å². The van der Waals surface area contributed by atoms with Crippen molar-refractivity contribution in [3.63, 3.8) is 0 Å². The van der Waals surface area contributed by atoms with E-state index >= 15 is 0 Å². The average molecular weight is 379 g/mol. The zero-order valence-corrected chi connectivity index (χ0v) is 16.1. The van der Waals surface area contributed by atoms with Gasteiger partial charge in [-0.05, 0) is 24.0 Å². The van der Waals surface area contributed by atoms with Crippen LogP contribution in [-0.2, 0) is 6.42 Å². The third kappa shape index (κ3) is 7.43. The highest BCUT2D eigenvalue weighted by Crippen LogP contribution is 2.17. The second-order valence-electron chi connectivity index (χ2n) is 6.35. The lowest BCUT2D eigenvalue weighted by Crippen LogP contribution is -3.00. The minimum absolute atomic E-state index is 0. The van der Waals surface area contributed by atoms with Crippen LogP contribution in [0.1, 0.15) is 76.8 Å². The highest BCUT2D eigenvalue weighted by Gasteiger charge is 2.05. The van der Waals surface area contributed by atoms with Crippen LogP contribution in [0.4, 0.5) is 0 Å². The van der Waals surface area contributed by atoms with E-state index in [0.717, 1.165) is 6.42 Å². The summed E-state index contributed by atoms with van der Waals surface area (Å²) in [4.78, 5) is 0. The van der Waals surface area contributed by atoms with E-state index in [2.05, 4.69) is 41.4 Å². The number of nitrogens with zero attached hydrogens (tertiary/aromatic N) is 1. The Labute approximate surface area is 151 Å². The van der Waals surface area contributed by atoms with Crippen LogP contribution < -0.4 is 22.1 Å². The molecule has 0 spiro atoms. The molecule has 1 N–H and O–H groups in total. The molecule has 1 aromatic heterocycles. The van der Waals surface area contributed by atoms with Crippen molar-refractivity contribution in [3.8, 4) is 0 Å². The van der Waals surface area contributed by atoms with Gasteiger partial charge in [0.25, 0.3) is 0 Å². The predicted molar refractivity (Wildman–Crippen MR) is 93.8 cm³/mol. The van der Waals surface area contributed by atoms with Crippen molar-refractivity contribution in [2.45, 2.75) is 77.6 Å². The molecule has 128 valence electrons. The van der Waals surface area contributed by atoms with Crippen LogP contribution in [0.15, 0.2) is 30.5 Å². The van der Waals surface area contributed by atoms with Crippen LogP contribution in [0.25, 0.3) is 10.8 Å². The maximum Gasteiger partial charge on any atom is 0.201 e. The SMILES string of the molecule is CCCCCCCCCCCCc1n[nH+]cc2ccccc12.[Br-]. The molecule has 23 heavy (non-hydrogen) atoms. The first-order valence-electron chi connectivity index (χ1n) is 9.16. The first-order valence-corrected chi connectivity index (χ1v) is 9.16. The van der Waals surface area contributed by atoms with Gasteiger partial charge in [-0.3, -0.25) is 0 Å². The van der Waals surface area contributed by atoms with Gasteiger partial charge in [0.2, 0.25) is 6.20 Å². The number of aryl methyl sites for hydroxylation is 1. The van der Waals surface area contributed by atoms with Crippen LogP contribution in [0.2, 0.25) is 0 Å². The largest absolute Gasteiger partial charge is 1.00 e. The molecule has 0 fully saturated rings. The molecule has 0 saturated heterocycles. The van der Waals surface area contributed by atoms with Gasteiger partial charge >= 0.3 is 0 Å². The summed E-state index contributed by atoms with van der Waals surface area (Å²) in [5, 5.41) is 10.1. The number of hydrogen-bond donors (Lipinski definition) is 0. The van der Waals surface area contributed by atoms with Crippen LogP contribution in [0.3, 0.4) is 0 Å². The standard InChI is InChI=1S/C20H30N2.BrH/c1-2-3-4-5-6-7-8-9-10-11-16-20-19-15-13-12-14-18(19)17-21-22-20;/h12-15,17H,2-11,16H2,1H3;1H. The van der Waals surface area contributed by atoms with Crippen LogP contribution in [0, 0.1) is 0 Å². The van der Waals surface area contributed by atoms with Gasteiger partial charge in [-0.15, -0.1) is 5.10 Å². The molecule has 0 aliphatic rings. The Balaban J connectivity index is 0.00000264. The number of hydrogen-bond acceptors (Lipinski definition) is 1. The maximum absolute atomic E-state index is 4.46. The van der Waals surface area contributed by atoms with Gasteiger partial charge < -0.3 is 17.0 Å². The number of unbranched alkanes of at least 4 members (excludes halogenated alkanes) is 9. The second-order valence-corrected chi connectivity index (χ2v) is 6.35. The summed E-state index contributed by atoms with van der Waals surface area (Å²) < 4.78 is 0. The molecule has 0 radical (unpaired) electrons.